The number of nitrogens with zero attached hydrogens (tertiary/aromatic N) is 2. The molecule has 0 aromatic heterocycles. The second-order valence-corrected chi connectivity index (χ2v) is 9.20. The fraction of sp³-hybridized carbons (Fsp3) is 0.241. The van der Waals surface area contributed by atoms with Crippen molar-refractivity contribution in [2.24, 2.45) is 0 Å². The van der Waals surface area contributed by atoms with Gasteiger partial charge in [0, 0.05) is 13.1 Å². The number of fused-ring (bicyclic) bond motifs is 1. The zero-order valence-electron chi connectivity index (χ0n) is 19.6. The van der Waals surface area contributed by atoms with Crippen molar-refractivity contribution in [1.82, 2.24) is 4.90 Å². The number of hydrogen-bond donors (Lipinski definition) is 0. The standard InChI is InChI=1S/C29H28N2O2/c1-18-9-12-25(21(4)15-18)31-28(32)26(23-11-10-19(2)20(3)16-23)27(29(31)33)30-14-13-22-7-5-6-8-24(22)17-30/h5-12,15-16H,13-14,17H2,1-4H3. The van der Waals surface area contributed by atoms with Gasteiger partial charge >= 0.3 is 0 Å². The van der Waals surface area contributed by atoms with E-state index in [1.54, 1.807) is 0 Å². The van der Waals surface area contributed by atoms with Crippen LogP contribution in [0.1, 0.15) is 38.9 Å². The highest BCUT2D eigenvalue weighted by molar-refractivity contribution is 6.45. The lowest BCUT2D eigenvalue weighted by atomic mass is 9.96. The zero-order chi connectivity index (χ0) is 23.3. The molecule has 2 amide bonds. The predicted octanol–water partition coefficient (Wildman–Crippen LogP) is 5.26. The van der Waals surface area contributed by atoms with Crippen molar-refractivity contribution in [3.05, 3.63) is 105 Å². The molecule has 3 aromatic carbocycles. The van der Waals surface area contributed by atoms with Gasteiger partial charge in [0.05, 0.1) is 11.3 Å². The smallest absolute Gasteiger partial charge is 0.282 e. The van der Waals surface area contributed by atoms with E-state index < -0.39 is 0 Å². The minimum Gasteiger partial charge on any atom is -0.362 e. The van der Waals surface area contributed by atoms with E-state index in [1.165, 1.54) is 16.0 Å². The van der Waals surface area contributed by atoms with Gasteiger partial charge in [0.15, 0.2) is 0 Å². The summed E-state index contributed by atoms with van der Waals surface area (Å²) in [4.78, 5) is 31.2. The van der Waals surface area contributed by atoms with E-state index in [2.05, 4.69) is 30.0 Å². The minimum absolute atomic E-state index is 0.237. The van der Waals surface area contributed by atoms with Gasteiger partial charge in [-0.3, -0.25) is 9.59 Å². The highest BCUT2D eigenvalue weighted by Crippen LogP contribution is 2.38. The van der Waals surface area contributed by atoms with Crippen molar-refractivity contribution in [2.75, 3.05) is 11.4 Å². The number of imide groups is 1. The number of aryl methyl sites for hydroxylation is 4. The molecule has 4 nitrogen and oxygen atoms in total. The predicted molar refractivity (Wildman–Crippen MR) is 132 cm³/mol. The lowest BCUT2D eigenvalue weighted by molar-refractivity contribution is -0.120. The molecule has 2 heterocycles. The minimum atomic E-state index is -0.246. The molecule has 0 fully saturated rings. The van der Waals surface area contributed by atoms with Crippen LogP contribution in [0.5, 0.6) is 0 Å². The average Bonchev–Trinajstić information content (AvgIpc) is 3.05. The molecule has 0 spiro atoms. The summed E-state index contributed by atoms with van der Waals surface area (Å²) in [7, 11) is 0. The SMILES string of the molecule is Cc1ccc(N2C(=O)C(c3ccc(C)c(C)c3)=C(N3CCc4ccccc4C3)C2=O)c(C)c1. The Kier molecular flexibility index (Phi) is 5.16. The first-order valence-electron chi connectivity index (χ1n) is 11.4. The topological polar surface area (TPSA) is 40.6 Å². The summed E-state index contributed by atoms with van der Waals surface area (Å²) in [5.74, 6) is -0.483. The first kappa shape index (κ1) is 21.2. The Bertz CT molecular complexity index is 1340. The molecule has 0 radical (unpaired) electrons. The van der Waals surface area contributed by atoms with Crippen LogP contribution in [0.25, 0.3) is 5.57 Å². The molecular weight excluding hydrogens is 408 g/mol. The second kappa shape index (κ2) is 8.04. The summed E-state index contributed by atoms with van der Waals surface area (Å²) < 4.78 is 0. The lowest BCUT2D eigenvalue weighted by Gasteiger charge is -2.31. The molecule has 0 atom stereocenters. The number of hydrogen-bond acceptors (Lipinski definition) is 3. The van der Waals surface area contributed by atoms with Gasteiger partial charge in [0.2, 0.25) is 0 Å². The molecule has 3 aromatic rings. The molecule has 0 unspecified atom stereocenters. The lowest BCUT2D eigenvalue weighted by Crippen LogP contribution is -2.37. The number of carbonyl (C=O) groups excluding carboxylic acids is 2. The number of anilines is 1. The normalized spacial score (nSPS) is 16.0. The third-order valence-electron chi connectivity index (χ3n) is 6.90. The summed E-state index contributed by atoms with van der Waals surface area (Å²) in [6.07, 6.45) is 0.852. The first-order chi connectivity index (χ1) is 15.8. The zero-order valence-corrected chi connectivity index (χ0v) is 19.6. The van der Waals surface area contributed by atoms with E-state index in [0.717, 1.165) is 34.2 Å². The Morgan fingerprint density at radius 1 is 0.727 bits per heavy atom. The monoisotopic (exact) mass is 436 g/mol. The van der Waals surface area contributed by atoms with E-state index in [9.17, 15) is 9.59 Å². The number of benzene rings is 3. The van der Waals surface area contributed by atoms with Crippen LogP contribution >= 0.6 is 0 Å². The molecule has 0 saturated carbocycles. The molecular formula is C29H28N2O2. The van der Waals surface area contributed by atoms with Crippen molar-refractivity contribution in [3.8, 4) is 0 Å². The van der Waals surface area contributed by atoms with Crippen LogP contribution in [0.3, 0.4) is 0 Å². The maximum absolute atomic E-state index is 13.9. The van der Waals surface area contributed by atoms with Crippen LogP contribution in [0.2, 0.25) is 0 Å². The third-order valence-corrected chi connectivity index (χ3v) is 6.90. The Morgan fingerprint density at radius 2 is 1.48 bits per heavy atom. The molecule has 0 N–H and O–H groups in total. The summed E-state index contributed by atoms with van der Waals surface area (Å²) in [5, 5.41) is 0. The van der Waals surface area contributed by atoms with E-state index >= 15 is 0 Å². The Labute approximate surface area is 195 Å². The van der Waals surface area contributed by atoms with Gasteiger partial charge < -0.3 is 4.90 Å². The van der Waals surface area contributed by atoms with Crippen molar-refractivity contribution in [3.63, 3.8) is 0 Å². The van der Waals surface area contributed by atoms with E-state index in [-0.39, 0.29) is 11.8 Å². The molecule has 5 rings (SSSR count). The average molecular weight is 437 g/mol. The summed E-state index contributed by atoms with van der Waals surface area (Å²) >= 11 is 0. The van der Waals surface area contributed by atoms with Gasteiger partial charge in [-0.2, -0.15) is 0 Å². The van der Waals surface area contributed by atoms with Crippen molar-refractivity contribution in [2.45, 2.75) is 40.7 Å². The third kappa shape index (κ3) is 3.56. The maximum Gasteiger partial charge on any atom is 0.282 e. The molecule has 2 aliphatic rings. The van der Waals surface area contributed by atoms with Crippen molar-refractivity contribution >= 4 is 23.1 Å². The summed E-state index contributed by atoms with van der Waals surface area (Å²) in [6, 6.07) is 20.2. The van der Waals surface area contributed by atoms with Crippen molar-refractivity contribution < 1.29 is 9.59 Å². The largest absolute Gasteiger partial charge is 0.362 e. The molecule has 166 valence electrons. The van der Waals surface area contributed by atoms with Crippen LogP contribution in [-0.2, 0) is 22.6 Å². The van der Waals surface area contributed by atoms with Gasteiger partial charge in [0.25, 0.3) is 11.8 Å². The quantitative estimate of drug-likeness (QED) is 0.526. The van der Waals surface area contributed by atoms with Crippen LogP contribution in [0, 0.1) is 27.7 Å². The van der Waals surface area contributed by atoms with Crippen molar-refractivity contribution in [1.29, 1.82) is 0 Å². The Hall–Kier alpha value is -3.66. The van der Waals surface area contributed by atoms with Crippen LogP contribution in [-0.4, -0.2) is 23.3 Å². The maximum atomic E-state index is 13.9. The fourth-order valence-electron chi connectivity index (χ4n) is 4.93. The van der Waals surface area contributed by atoms with Gasteiger partial charge in [-0.1, -0.05) is 60.2 Å². The molecule has 4 heteroatoms. The second-order valence-electron chi connectivity index (χ2n) is 9.20. The number of carbonyl (C=O) groups is 2. The fourth-order valence-corrected chi connectivity index (χ4v) is 4.93. The molecule has 0 saturated heterocycles. The number of rotatable bonds is 3. The number of amides is 2. The van der Waals surface area contributed by atoms with E-state index in [1.807, 2.05) is 63.2 Å². The van der Waals surface area contributed by atoms with Gasteiger partial charge in [0.1, 0.15) is 5.70 Å². The van der Waals surface area contributed by atoms with Gasteiger partial charge in [-0.15, -0.1) is 0 Å². The summed E-state index contributed by atoms with van der Waals surface area (Å²) in [5.41, 5.74) is 9.28. The van der Waals surface area contributed by atoms with E-state index in [4.69, 9.17) is 0 Å². The molecule has 2 aliphatic heterocycles. The van der Waals surface area contributed by atoms with E-state index in [0.29, 0.717) is 30.0 Å². The molecule has 33 heavy (non-hydrogen) atoms. The highest BCUT2D eigenvalue weighted by Gasteiger charge is 2.43. The molecule has 0 aliphatic carbocycles. The van der Waals surface area contributed by atoms with Gasteiger partial charge in [-0.05, 0) is 73.6 Å². The Morgan fingerprint density at radius 3 is 2.21 bits per heavy atom. The first-order valence-corrected chi connectivity index (χ1v) is 11.4. The molecule has 0 bridgehead atoms. The van der Waals surface area contributed by atoms with Crippen LogP contribution in [0.15, 0.2) is 66.4 Å². The van der Waals surface area contributed by atoms with Gasteiger partial charge in [-0.25, -0.2) is 4.90 Å². The van der Waals surface area contributed by atoms with Crippen LogP contribution < -0.4 is 4.90 Å². The highest BCUT2D eigenvalue weighted by atomic mass is 16.2. The van der Waals surface area contributed by atoms with Crippen LogP contribution in [0.4, 0.5) is 5.69 Å². The Balaban J connectivity index is 1.65. The summed E-state index contributed by atoms with van der Waals surface area (Å²) in [6.45, 7) is 9.40.